The second-order valence-corrected chi connectivity index (χ2v) is 8.56. The van der Waals surface area contributed by atoms with Crippen molar-refractivity contribution in [1.82, 2.24) is 4.90 Å². The molecule has 7 heteroatoms. The molecule has 0 fully saturated rings. The smallest absolute Gasteiger partial charge is 0.238 e. The van der Waals surface area contributed by atoms with E-state index in [9.17, 15) is 9.59 Å². The minimum atomic E-state index is -0.393. The van der Waals surface area contributed by atoms with Gasteiger partial charge < -0.3 is 10.2 Å². The number of carbonyl (C=O) groups excluding carboxylic acids is 2. The Bertz CT molecular complexity index is 821. The van der Waals surface area contributed by atoms with Crippen molar-refractivity contribution in [1.29, 1.82) is 0 Å². The van der Waals surface area contributed by atoms with Crippen LogP contribution in [0.3, 0.4) is 0 Å². The van der Waals surface area contributed by atoms with Gasteiger partial charge in [-0.2, -0.15) is 0 Å². The Balaban J connectivity index is 1.45. The number of hydrogen-bond acceptors (Lipinski definition) is 4. The van der Waals surface area contributed by atoms with Gasteiger partial charge >= 0.3 is 0 Å². The summed E-state index contributed by atoms with van der Waals surface area (Å²) in [5.41, 5.74) is 1.96. The van der Waals surface area contributed by atoms with Crippen molar-refractivity contribution < 1.29 is 9.59 Å². The predicted octanol–water partition coefficient (Wildman–Crippen LogP) is 3.79. The zero-order valence-electron chi connectivity index (χ0n) is 12.8. The lowest BCUT2D eigenvalue weighted by molar-refractivity contribution is -0.133. The Labute approximate surface area is 153 Å². The highest BCUT2D eigenvalue weighted by atomic mass is 35.5. The number of thiophene rings is 1. The molecule has 1 aromatic heterocycles. The summed E-state index contributed by atoms with van der Waals surface area (Å²) in [5, 5.41) is 5.13. The number of amides is 2. The molecule has 0 saturated carbocycles. The lowest BCUT2D eigenvalue weighted by atomic mass is 10.1. The van der Waals surface area contributed by atoms with Gasteiger partial charge in [-0.15, -0.1) is 23.1 Å². The van der Waals surface area contributed by atoms with Crippen molar-refractivity contribution in [2.45, 2.75) is 29.5 Å². The fraction of sp³-hybridized carbons (Fsp3) is 0.294. The number of halogens is 1. The second-order valence-electron chi connectivity index (χ2n) is 5.87. The van der Waals surface area contributed by atoms with Crippen LogP contribution < -0.4 is 5.32 Å². The van der Waals surface area contributed by atoms with Crippen LogP contribution in [0.25, 0.3) is 0 Å². The third kappa shape index (κ3) is 3.06. The molecule has 0 aliphatic carbocycles. The molecule has 0 bridgehead atoms. The van der Waals surface area contributed by atoms with E-state index in [0.717, 1.165) is 23.5 Å². The van der Waals surface area contributed by atoms with Crippen molar-refractivity contribution >= 4 is 52.2 Å². The quantitative estimate of drug-likeness (QED) is 0.864. The summed E-state index contributed by atoms with van der Waals surface area (Å²) in [6.45, 7) is 1.39. The maximum atomic E-state index is 12.6. The number of fused-ring (bicyclic) bond motifs is 2. The van der Waals surface area contributed by atoms with Gasteiger partial charge in [0.2, 0.25) is 11.8 Å². The van der Waals surface area contributed by atoms with E-state index in [0.29, 0.717) is 11.6 Å². The van der Waals surface area contributed by atoms with Crippen molar-refractivity contribution in [3.05, 3.63) is 45.1 Å². The SMILES string of the molecule is O=C1Nc2cc(Cl)ccc2S[C@@H]1CC(=O)N1CCc2sccc2C1. The van der Waals surface area contributed by atoms with Crippen LogP contribution in [-0.4, -0.2) is 28.5 Å². The molecule has 3 heterocycles. The average molecular weight is 379 g/mol. The molecule has 2 aliphatic heterocycles. The number of benzene rings is 1. The van der Waals surface area contributed by atoms with Crippen LogP contribution in [0.4, 0.5) is 5.69 Å². The average Bonchev–Trinajstić information content (AvgIpc) is 3.03. The number of hydrogen-bond donors (Lipinski definition) is 1. The summed E-state index contributed by atoms with van der Waals surface area (Å²) in [5.74, 6) is -0.0896. The molecule has 2 aromatic rings. The van der Waals surface area contributed by atoms with Gasteiger partial charge in [-0.3, -0.25) is 9.59 Å². The summed E-state index contributed by atoms with van der Waals surface area (Å²) in [4.78, 5) is 29.1. The van der Waals surface area contributed by atoms with Crippen LogP contribution in [0, 0.1) is 0 Å². The van der Waals surface area contributed by atoms with E-state index < -0.39 is 5.25 Å². The monoisotopic (exact) mass is 378 g/mol. The molecule has 24 heavy (non-hydrogen) atoms. The van der Waals surface area contributed by atoms with Crippen LogP contribution in [0.15, 0.2) is 34.5 Å². The molecule has 0 spiro atoms. The first-order chi connectivity index (χ1) is 11.6. The first-order valence-electron chi connectivity index (χ1n) is 7.70. The second kappa shape index (κ2) is 6.43. The summed E-state index contributed by atoms with van der Waals surface area (Å²) in [6.07, 6.45) is 1.13. The Morgan fingerprint density at radius 3 is 3.12 bits per heavy atom. The van der Waals surface area contributed by atoms with E-state index in [1.807, 2.05) is 11.0 Å². The summed E-state index contributed by atoms with van der Waals surface area (Å²) in [6, 6.07) is 7.51. The van der Waals surface area contributed by atoms with Crippen LogP contribution in [0.5, 0.6) is 0 Å². The molecule has 1 N–H and O–H groups in total. The zero-order valence-corrected chi connectivity index (χ0v) is 15.1. The van der Waals surface area contributed by atoms with Crippen LogP contribution in [0.1, 0.15) is 16.9 Å². The highest BCUT2D eigenvalue weighted by molar-refractivity contribution is 8.01. The Hall–Kier alpha value is -1.50. The molecule has 4 rings (SSSR count). The summed E-state index contributed by atoms with van der Waals surface area (Å²) >= 11 is 9.15. The molecule has 2 amide bonds. The predicted molar refractivity (Wildman–Crippen MR) is 97.8 cm³/mol. The van der Waals surface area contributed by atoms with Gasteiger partial charge in [0.05, 0.1) is 10.9 Å². The minimum Gasteiger partial charge on any atom is -0.338 e. The zero-order chi connectivity index (χ0) is 16.7. The van der Waals surface area contributed by atoms with Crippen molar-refractivity contribution in [2.24, 2.45) is 0 Å². The molecular formula is C17H15ClN2O2S2. The van der Waals surface area contributed by atoms with Crippen LogP contribution in [0.2, 0.25) is 5.02 Å². The molecule has 0 saturated heterocycles. The summed E-state index contributed by atoms with van der Waals surface area (Å²) in [7, 11) is 0. The first kappa shape index (κ1) is 16.0. The lowest BCUT2D eigenvalue weighted by Crippen LogP contribution is -2.39. The Morgan fingerprint density at radius 1 is 1.38 bits per heavy atom. The van der Waals surface area contributed by atoms with E-state index in [1.165, 1.54) is 22.2 Å². The van der Waals surface area contributed by atoms with Gasteiger partial charge in [0, 0.05) is 34.3 Å². The van der Waals surface area contributed by atoms with E-state index in [2.05, 4.69) is 16.8 Å². The summed E-state index contributed by atoms with van der Waals surface area (Å²) < 4.78 is 0. The van der Waals surface area contributed by atoms with Crippen molar-refractivity contribution in [2.75, 3.05) is 11.9 Å². The maximum absolute atomic E-state index is 12.6. The topological polar surface area (TPSA) is 49.4 Å². The molecule has 1 aromatic carbocycles. The molecule has 4 nitrogen and oxygen atoms in total. The molecular weight excluding hydrogens is 364 g/mol. The third-order valence-corrected chi connectivity index (χ3v) is 6.81. The maximum Gasteiger partial charge on any atom is 0.238 e. The number of nitrogens with one attached hydrogen (secondary N) is 1. The van der Waals surface area contributed by atoms with E-state index in [4.69, 9.17) is 11.6 Å². The number of anilines is 1. The number of nitrogens with zero attached hydrogens (tertiary/aromatic N) is 1. The first-order valence-corrected chi connectivity index (χ1v) is 9.84. The normalized spacial score (nSPS) is 19.5. The van der Waals surface area contributed by atoms with Crippen molar-refractivity contribution in [3.63, 3.8) is 0 Å². The van der Waals surface area contributed by atoms with Gasteiger partial charge in [-0.25, -0.2) is 0 Å². The Morgan fingerprint density at radius 2 is 2.25 bits per heavy atom. The number of carbonyl (C=O) groups is 2. The third-order valence-electron chi connectivity index (χ3n) is 4.28. The highest BCUT2D eigenvalue weighted by Crippen LogP contribution is 2.38. The van der Waals surface area contributed by atoms with Gasteiger partial charge in [0.15, 0.2) is 0 Å². The van der Waals surface area contributed by atoms with Gasteiger partial charge in [-0.1, -0.05) is 11.6 Å². The van der Waals surface area contributed by atoms with Gasteiger partial charge in [-0.05, 0) is 41.6 Å². The molecule has 2 aliphatic rings. The van der Waals surface area contributed by atoms with E-state index in [1.54, 1.807) is 23.5 Å². The fourth-order valence-corrected chi connectivity index (χ4v) is 5.15. The van der Waals surface area contributed by atoms with Gasteiger partial charge in [0.1, 0.15) is 0 Å². The standard InChI is InChI=1S/C17H15ClN2O2S2/c18-11-1-2-14-12(7-11)19-17(22)15(24-14)8-16(21)20-5-3-13-10(9-20)4-6-23-13/h1-2,4,6-7,15H,3,5,8-9H2,(H,19,22)/t15-/m1/s1. The van der Waals surface area contributed by atoms with Crippen LogP contribution >= 0.6 is 34.7 Å². The fourth-order valence-electron chi connectivity index (χ4n) is 3.01. The molecule has 0 radical (unpaired) electrons. The lowest BCUT2D eigenvalue weighted by Gasteiger charge is -2.29. The van der Waals surface area contributed by atoms with Gasteiger partial charge in [0.25, 0.3) is 0 Å². The highest BCUT2D eigenvalue weighted by Gasteiger charge is 2.31. The molecule has 1 atom stereocenters. The van der Waals surface area contributed by atoms with Crippen molar-refractivity contribution in [3.8, 4) is 0 Å². The largest absolute Gasteiger partial charge is 0.338 e. The van der Waals surface area contributed by atoms with Crippen LogP contribution in [-0.2, 0) is 22.6 Å². The number of thioether (sulfide) groups is 1. The van der Waals surface area contributed by atoms with E-state index >= 15 is 0 Å². The van der Waals surface area contributed by atoms with E-state index in [-0.39, 0.29) is 18.2 Å². The number of rotatable bonds is 2. The molecule has 0 unspecified atom stereocenters. The Kier molecular flexibility index (Phi) is 4.28. The minimum absolute atomic E-state index is 0.0388. The molecule has 124 valence electrons.